The van der Waals surface area contributed by atoms with Gasteiger partial charge in [-0.15, -0.1) is 4.91 Å². The molecule has 2 aromatic heterocycles. The summed E-state index contributed by atoms with van der Waals surface area (Å²) in [4.78, 5) is 52.9. The number of phenolic OH excluding ortho intramolecular Hbond substituents is 1. The number of fused-ring (bicyclic) bond motifs is 1. The van der Waals surface area contributed by atoms with E-state index >= 15 is 0 Å². The number of aromatic hydroxyl groups is 1. The zero-order valence-electron chi connectivity index (χ0n) is 21.1. The Kier molecular flexibility index (Phi) is 7.98. The Morgan fingerprint density at radius 2 is 1.87 bits per heavy atom. The van der Waals surface area contributed by atoms with Gasteiger partial charge in [0.2, 0.25) is 0 Å². The molecule has 2 heterocycles. The molecule has 0 fully saturated rings. The van der Waals surface area contributed by atoms with Crippen molar-refractivity contribution >= 4 is 51.7 Å². The van der Waals surface area contributed by atoms with Crippen LogP contribution in [0.15, 0.2) is 52.6 Å². The summed E-state index contributed by atoms with van der Waals surface area (Å²) >= 11 is 7.09. The van der Waals surface area contributed by atoms with Crippen molar-refractivity contribution in [3.63, 3.8) is 0 Å². The minimum Gasteiger partial charge on any atom is -0.504 e. The molecule has 0 spiro atoms. The predicted octanol–water partition coefficient (Wildman–Crippen LogP) is 3.98. The average Bonchev–Trinajstić information content (AvgIpc) is 3.42. The van der Waals surface area contributed by atoms with Gasteiger partial charge in [0.25, 0.3) is 11.5 Å². The molecule has 0 unspecified atom stereocenters. The Bertz CT molecular complexity index is 1670. The fraction of sp³-hybridized carbons (Fsp3) is 0.231. The largest absolute Gasteiger partial charge is 0.504 e. The summed E-state index contributed by atoms with van der Waals surface area (Å²) in [6.45, 7) is 5.74. The normalized spacial score (nSPS) is 11.9. The molecule has 0 radical (unpaired) electrons. The topological polar surface area (TPSA) is 151 Å². The maximum atomic E-state index is 12.9. The van der Waals surface area contributed by atoms with Crippen LogP contribution in [0, 0.1) is 4.91 Å². The zero-order chi connectivity index (χ0) is 28.3. The quantitative estimate of drug-likeness (QED) is 0.225. The Morgan fingerprint density at radius 1 is 1.18 bits per heavy atom. The lowest BCUT2D eigenvalue weighted by atomic mass is 10.1. The summed E-state index contributed by atoms with van der Waals surface area (Å²) in [6.07, 6.45) is 2.59. The molecule has 0 aliphatic rings. The van der Waals surface area contributed by atoms with Crippen molar-refractivity contribution in [2.45, 2.75) is 26.4 Å². The van der Waals surface area contributed by atoms with E-state index in [9.17, 15) is 24.4 Å². The van der Waals surface area contributed by atoms with E-state index in [1.54, 1.807) is 51.2 Å². The van der Waals surface area contributed by atoms with Crippen LogP contribution in [0.5, 0.6) is 5.75 Å². The molecule has 11 nitrogen and oxygen atoms in total. The molecule has 2 amide bonds. The van der Waals surface area contributed by atoms with Gasteiger partial charge in [-0.05, 0) is 61.9 Å². The number of hydrogen-bond donors (Lipinski definition) is 3. The van der Waals surface area contributed by atoms with Crippen LogP contribution >= 0.6 is 22.9 Å². The van der Waals surface area contributed by atoms with Gasteiger partial charge in [-0.1, -0.05) is 35.1 Å². The number of aromatic nitrogens is 2. The van der Waals surface area contributed by atoms with Crippen molar-refractivity contribution in [2.24, 2.45) is 5.18 Å². The van der Waals surface area contributed by atoms with Gasteiger partial charge < -0.3 is 20.5 Å². The van der Waals surface area contributed by atoms with E-state index in [-0.39, 0.29) is 35.3 Å². The Labute approximate surface area is 231 Å². The highest BCUT2D eigenvalue weighted by molar-refractivity contribution is 7.15. The molecule has 202 valence electrons. The highest BCUT2D eigenvalue weighted by atomic mass is 35.5. The summed E-state index contributed by atoms with van der Waals surface area (Å²) in [5.41, 5.74) is 0.996. The number of imidazole rings is 1. The highest BCUT2D eigenvalue weighted by Crippen LogP contribution is 2.35. The molecule has 2 aromatic carbocycles. The van der Waals surface area contributed by atoms with Crippen LogP contribution in [0.4, 0.5) is 10.5 Å². The van der Waals surface area contributed by atoms with Crippen molar-refractivity contribution in [1.29, 1.82) is 0 Å². The predicted molar refractivity (Wildman–Crippen MR) is 149 cm³/mol. The van der Waals surface area contributed by atoms with Crippen molar-refractivity contribution < 1.29 is 19.4 Å². The number of nitroso groups, excluding NO2 is 1. The first-order valence-corrected chi connectivity index (χ1v) is 12.9. The van der Waals surface area contributed by atoms with Gasteiger partial charge in [-0.25, -0.2) is 9.78 Å². The van der Waals surface area contributed by atoms with Crippen LogP contribution in [0.2, 0.25) is 5.02 Å². The van der Waals surface area contributed by atoms with Gasteiger partial charge >= 0.3 is 6.09 Å². The van der Waals surface area contributed by atoms with Crippen LogP contribution in [0.1, 0.15) is 36.7 Å². The molecular weight excluding hydrogens is 546 g/mol. The Morgan fingerprint density at radius 3 is 2.51 bits per heavy atom. The number of rotatable bonds is 7. The fourth-order valence-electron chi connectivity index (χ4n) is 3.53. The van der Waals surface area contributed by atoms with Crippen LogP contribution in [-0.4, -0.2) is 45.2 Å². The lowest BCUT2D eigenvalue weighted by Gasteiger charge is -2.19. The minimum atomic E-state index is -0.599. The van der Waals surface area contributed by atoms with E-state index in [0.717, 1.165) is 11.3 Å². The third kappa shape index (κ3) is 6.59. The van der Waals surface area contributed by atoms with Crippen LogP contribution < -0.4 is 20.7 Å². The number of phenols is 1. The van der Waals surface area contributed by atoms with Gasteiger partial charge in [0.05, 0.1) is 15.2 Å². The minimum absolute atomic E-state index is 0.0518. The number of halogens is 1. The Balaban J connectivity index is 1.43. The van der Waals surface area contributed by atoms with Crippen molar-refractivity contribution in [2.75, 3.05) is 13.1 Å². The second kappa shape index (κ2) is 11.2. The molecule has 0 saturated heterocycles. The molecular formula is C26H24ClN5O6S. The smallest absolute Gasteiger partial charge is 0.407 e. The molecule has 4 aromatic rings. The summed E-state index contributed by atoms with van der Waals surface area (Å²) in [7, 11) is 0. The van der Waals surface area contributed by atoms with Gasteiger partial charge in [0.15, 0.2) is 16.4 Å². The third-order valence-electron chi connectivity index (χ3n) is 5.29. The van der Waals surface area contributed by atoms with Crippen molar-refractivity contribution in [1.82, 2.24) is 20.0 Å². The summed E-state index contributed by atoms with van der Waals surface area (Å²) in [6, 6.07) is 9.49. The number of benzene rings is 2. The zero-order valence-corrected chi connectivity index (χ0v) is 22.7. The first-order valence-electron chi connectivity index (χ1n) is 11.7. The number of carbonyl (C=O) groups excluding carboxylic acids is 2. The summed E-state index contributed by atoms with van der Waals surface area (Å²) in [5.74, 6) is -0.724. The van der Waals surface area contributed by atoms with Crippen molar-refractivity contribution in [3.8, 4) is 17.0 Å². The van der Waals surface area contributed by atoms with Gasteiger partial charge in [0, 0.05) is 30.4 Å². The lowest BCUT2D eigenvalue weighted by Crippen LogP contribution is -2.37. The van der Waals surface area contributed by atoms with E-state index in [1.807, 2.05) is 0 Å². The maximum absolute atomic E-state index is 12.9. The number of nitrogens with one attached hydrogen (secondary N) is 2. The molecule has 0 aliphatic heterocycles. The fourth-order valence-corrected chi connectivity index (χ4v) is 4.71. The standard InChI is InChI=1S/C26H24ClN5O6S/c1-26(2,3)38-25(36)29-9-8-28-22(34)16-6-4-15(5-7-16)19-13-32-23(35)20(39-24(32)30-19)12-14-10-17(27)21(33)18(11-14)31-37/h4-7,10-13,33H,8-9H2,1-3H3,(H,28,34)(H,29,36). The van der Waals surface area contributed by atoms with Crippen LogP contribution in [-0.2, 0) is 4.74 Å². The van der Waals surface area contributed by atoms with E-state index in [2.05, 4.69) is 20.8 Å². The van der Waals surface area contributed by atoms with Crippen LogP contribution in [0.25, 0.3) is 22.3 Å². The molecule has 0 atom stereocenters. The number of alkyl carbamates (subject to hydrolysis) is 1. The molecule has 0 aliphatic carbocycles. The monoisotopic (exact) mass is 569 g/mol. The molecule has 0 bridgehead atoms. The number of amides is 2. The van der Waals surface area contributed by atoms with Gasteiger partial charge in [-0.2, -0.15) is 0 Å². The first kappa shape index (κ1) is 27.7. The molecule has 4 rings (SSSR count). The second-order valence-corrected chi connectivity index (χ2v) is 10.8. The number of ether oxygens (including phenoxy) is 1. The third-order valence-corrected chi connectivity index (χ3v) is 6.56. The first-order chi connectivity index (χ1) is 18.4. The van der Waals surface area contributed by atoms with Crippen molar-refractivity contribution in [3.05, 3.63) is 78.5 Å². The number of nitrogens with zero attached hydrogens (tertiary/aromatic N) is 3. The van der Waals surface area contributed by atoms with E-state index in [0.29, 0.717) is 31.9 Å². The van der Waals surface area contributed by atoms with E-state index in [4.69, 9.17) is 16.3 Å². The lowest BCUT2D eigenvalue weighted by molar-refractivity contribution is 0.0526. The molecule has 0 saturated carbocycles. The van der Waals surface area contributed by atoms with Gasteiger partial charge in [0.1, 0.15) is 5.60 Å². The van der Waals surface area contributed by atoms with Crippen LogP contribution in [0.3, 0.4) is 0 Å². The second-order valence-electron chi connectivity index (χ2n) is 9.42. The maximum Gasteiger partial charge on any atom is 0.407 e. The van der Waals surface area contributed by atoms with E-state index < -0.39 is 17.4 Å². The average molecular weight is 570 g/mol. The van der Waals surface area contributed by atoms with Gasteiger partial charge in [-0.3, -0.25) is 14.0 Å². The number of carbonyl (C=O) groups is 2. The molecule has 13 heteroatoms. The molecule has 3 N–H and O–H groups in total. The summed E-state index contributed by atoms with van der Waals surface area (Å²) < 4.78 is 6.90. The summed E-state index contributed by atoms with van der Waals surface area (Å²) in [5, 5.41) is 17.7. The highest BCUT2D eigenvalue weighted by Gasteiger charge is 2.16. The number of hydrogen-bond acceptors (Lipinski definition) is 9. The van der Waals surface area contributed by atoms with E-state index in [1.165, 1.54) is 22.6 Å². The Hall–Kier alpha value is -4.29. The molecule has 39 heavy (non-hydrogen) atoms. The number of thiazole rings is 1. The SMILES string of the molecule is CC(C)(C)OC(=O)NCCNC(=O)c1ccc(-c2cn3c(=O)c(=Cc4cc(Cl)c(O)c(N=O)c4)sc3n2)cc1.